The van der Waals surface area contributed by atoms with Crippen molar-refractivity contribution in [1.29, 1.82) is 0 Å². The first kappa shape index (κ1) is 17.0. The first-order chi connectivity index (χ1) is 12.2. The second kappa shape index (κ2) is 7.81. The number of nitrogens with zero attached hydrogens (tertiary/aromatic N) is 2. The highest BCUT2D eigenvalue weighted by atomic mass is 16.3. The second-order valence-electron chi connectivity index (χ2n) is 5.86. The Morgan fingerprint density at radius 3 is 2.64 bits per heavy atom. The van der Waals surface area contributed by atoms with Crippen LogP contribution in [0.4, 0.5) is 5.95 Å². The molecular formula is C19H22N4O2. The molecule has 25 heavy (non-hydrogen) atoms. The first-order valence-corrected chi connectivity index (χ1v) is 8.33. The van der Waals surface area contributed by atoms with E-state index in [2.05, 4.69) is 15.6 Å². The van der Waals surface area contributed by atoms with Crippen molar-refractivity contribution in [2.45, 2.75) is 19.5 Å². The fraction of sp³-hybridized carbons (Fsp3) is 0.263. The first-order valence-electron chi connectivity index (χ1n) is 8.33. The van der Waals surface area contributed by atoms with Crippen LogP contribution in [0.3, 0.4) is 0 Å². The predicted molar refractivity (Wildman–Crippen MR) is 98.3 cm³/mol. The van der Waals surface area contributed by atoms with E-state index in [0.29, 0.717) is 12.5 Å². The molecule has 1 aromatic heterocycles. The van der Waals surface area contributed by atoms with Crippen molar-refractivity contribution in [3.8, 4) is 0 Å². The maximum atomic E-state index is 12.5. The zero-order chi connectivity index (χ0) is 17.6. The van der Waals surface area contributed by atoms with Crippen LogP contribution in [0.15, 0.2) is 54.6 Å². The van der Waals surface area contributed by atoms with Gasteiger partial charge in [0.1, 0.15) is 6.54 Å². The van der Waals surface area contributed by atoms with Crippen LogP contribution >= 0.6 is 0 Å². The topological polar surface area (TPSA) is 79.2 Å². The Morgan fingerprint density at radius 2 is 1.88 bits per heavy atom. The molecular weight excluding hydrogens is 316 g/mol. The lowest BCUT2D eigenvalue weighted by atomic mass is 10.1. The van der Waals surface area contributed by atoms with E-state index in [4.69, 9.17) is 5.11 Å². The molecule has 0 fully saturated rings. The summed E-state index contributed by atoms with van der Waals surface area (Å²) in [5, 5.41) is 15.1. The molecule has 1 heterocycles. The molecule has 0 spiro atoms. The van der Waals surface area contributed by atoms with E-state index in [1.54, 1.807) is 0 Å². The van der Waals surface area contributed by atoms with Gasteiger partial charge < -0.3 is 20.3 Å². The number of aliphatic hydroxyl groups is 1. The summed E-state index contributed by atoms with van der Waals surface area (Å²) in [6.45, 7) is 2.50. The van der Waals surface area contributed by atoms with Crippen LogP contribution in [0.1, 0.15) is 18.5 Å². The number of rotatable bonds is 7. The van der Waals surface area contributed by atoms with E-state index >= 15 is 0 Å². The molecule has 0 aliphatic rings. The third-order valence-electron chi connectivity index (χ3n) is 4.03. The van der Waals surface area contributed by atoms with Crippen LogP contribution < -0.4 is 10.6 Å². The molecule has 1 atom stereocenters. The van der Waals surface area contributed by atoms with E-state index in [0.717, 1.165) is 16.6 Å². The normalized spacial score (nSPS) is 12.1. The monoisotopic (exact) mass is 338 g/mol. The number of aromatic nitrogens is 2. The molecule has 0 bridgehead atoms. The number of anilines is 1. The van der Waals surface area contributed by atoms with Crippen LogP contribution in [0, 0.1) is 0 Å². The summed E-state index contributed by atoms with van der Waals surface area (Å²) in [7, 11) is 0. The van der Waals surface area contributed by atoms with Crippen molar-refractivity contribution >= 4 is 22.9 Å². The number of hydrogen-bond donors (Lipinski definition) is 3. The van der Waals surface area contributed by atoms with Gasteiger partial charge in [-0.1, -0.05) is 42.5 Å². The molecule has 0 saturated heterocycles. The number of aliphatic hydroxyl groups excluding tert-OH is 1. The summed E-state index contributed by atoms with van der Waals surface area (Å²) in [6, 6.07) is 17.4. The third-order valence-corrected chi connectivity index (χ3v) is 4.03. The van der Waals surface area contributed by atoms with E-state index in [1.165, 1.54) is 0 Å². The molecule has 6 heteroatoms. The molecule has 0 aliphatic carbocycles. The molecule has 2 aromatic carbocycles. The number of hydrogen-bond acceptors (Lipinski definition) is 4. The van der Waals surface area contributed by atoms with Crippen molar-refractivity contribution in [3.63, 3.8) is 0 Å². The molecule has 1 amide bonds. The fourth-order valence-corrected chi connectivity index (χ4v) is 2.79. The Bertz CT molecular complexity index is 845. The Balaban J connectivity index is 1.78. The lowest BCUT2D eigenvalue weighted by molar-refractivity contribution is -0.122. The van der Waals surface area contributed by atoms with Gasteiger partial charge >= 0.3 is 0 Å². The summed E-state index contributed by atoms with van der Waals surface area (Å²) in [5.74, 6) is 0.490. The highest BCUT2D eigenvalue weighted by molar-refractivity contribution is 5.83. The van der Waals surface area contributed by atoms with Crippen LogP contribution in [0.25, 0.3) is 11.0 Å². The molecule has 3 aromatic rings. The molecule has 0 unspecified atom stereocenters. The number of nitrogens with one attached hydrogen (secondary N) is 2. The van der Waals surface area contributed by atoms with E-state index in [9.17, 15) is 4.79 Å². The van der Waals surface area contributed by atoms with Crippen molar-refractivity contribution in [1.82, 2.24) is 14.9 Å². The summed E-state index contributed by atoms with van der Waals surface area (Å²) in [6.07, 6.45) is 0. The zero-order valence-corrected chi connectivity index (χ0v) is 14.1. The standard InChI is InChI=1S/C19H22N4O2/c1-14(15-7-3-2-4-8-15)21-18(25)13-23-17-10-6-5-9-16(17)22-19(23)20-11-12-24/h2-10,14,24H,11-13H2,1H3,(H,20,22)(H,21,25)/t14-/m0/s1. The van der Waals surface area contributed by atoms with Gasteiger partial charge in [-0.15, -0.1) is 0 Å². The van der Waals surface area contributed by atoms with Gasteiger partial charge in [-0.25, -0.2) is 4.98 Å². The quantitative estimate of drug-likeness (QED) is 0.618. The van der Waals surface area contributed by atoms with Crippen LogP contribution in [0.5, 0.6) is 0 Å². The number of para-hydroxylation sites is 2. The van der Waals surface area contributed by atoms with Gasteiger partial charge in [-0.2, -0.15) is 0 Å². The summed E-state index contributed by atoms with van der Waals surface area (Å²) < 4.78 is 1.83. The van der Waals surface area contributed by atoms with E-state index in [1.807, 2.05) is 66.1 Å². The lowest BCUT2D eigenvalue weighted by Gasteiger charge is -2.16. The summed E-state index contributed by atoms with van der Waals surface area (Å²) >= 11 is 0. The Labute approximate surface area is 146 Å². The minimum Gasteiger partial charge on any atom is -0.395 e. The molecule has 6 nitrogen and oxygen atoms in total. The van der Waals surface area contributed by atoms with Crippen molar-refractivity contribution < 1.29 is 9.90 Å². The number of amides is 1. The van der Waals surface area contributed by atoms with Gasteiger partial charge in [0, 0.05) is 6.54 Å². The van der Waals surface area contributed by atoms with Gasteiger partial charge in [-0.05, 0) is 24.6 Å². The molecule has 130 valence electrons. The van der Waals surface area contributed by atoms with Crippen LogP contribution in [-0.4, -0.2) is 33.7 Å². The molecule has 3 rings (SSSR count). The molecule has 0 aliphatic heterocycles. The average Bonchev–Trinajstić information content (AvgIpc) is 2.98. The Hall–Kier alpha value is -2.86. The average molecular weight is 338 g/mol. The summed E-state index contributed by atoms with van der Waals surface area (Å²) in [5.41, 5.74) is 2.75. The fourth-order valence-electron chi connectivity index (χ4n) is 2.79. The molecule has 3 N–H and O–H groups in total. The minimum absolute atomic E-state index is 0.000439. The second-order valence-corrected chi connectivity index (χ2v) is 5.86. The lowest BCUT2D eigenvalue weighted by Crippen LogP contribution is -2.30. The van der Waals surface area contributed by atoms with Gasteiger partial charge in [0.05, 0.1) is 23.7 Å². The van der Waals surface area contributed by atoms with Gasteiger partial charge in [-0.3, -0.25) is 4.79 Å². The minimum atomic E-state index is -0.0912. The smallest absolute Gasteiger partial charge is 0.240 e. The molecule has 0 saturated carbocycles. The summed E-state index contributed by atoms with van der Waals surface area (Å²) in [4.78, 5) is 17.0. The van der Waals surface area contributed by atoms with Gasteiger partial charge in [0.15, 0.2) is 0 Å². The van der Waals surface area contributed by atoms with Crippen molar-refractivity contribution in [2.75, 3.05) is 18.5 Å². The Kier molecular flexibility index (Phi) is 5.30. The molecule has 0 radical (unpaired) electrons. The third kappa shape index (κ3) is 3.97. The van der Waals surface area contributed by atoms with Gasteiger partial charge in [0.25, 0.3) is 0 Å². The van der Waals surface area contributed by atoms with Crippen molar-refractivity contribution in [2.24, 2.45) is 0 Å². The number of carbonyl (C=O) groups is 1. The SMILES string of the molecule is C[C@H](NC(=O)Cn1c(NCCO)nc2ccccc21)c1ccccc1. The van der Waals surface area contributed by atoms with Gasteiger partial charge in [0.2, 0.25) is 11.9 Å². The predicted octanol–water partition coefficient (Wildman–Crippen LogP) is 2.32. The highest BCUT2D eigenvalue weighted by Gasteiger charge is 2.15. The van der Waals surface area contributed by atoms with Crippen molar-refractivity contribution in [3.05, 3.63) is 60.2 Å². The number of fused-ring (bicyclic) bond motifs is 1. The maximum Gasteiger partial charge on any atom is 0.240 e. The maximum absolute atomic E-state index is 12.5. The largest absolute Gasteiger partial charge is 0.395 e. The highest BCUT2D eigenvalue weighted by Crippen LogP contribution is 2.19. The zero-order valence-electron chi connectivity index (χ0n) is 14.1. The van der Waals surface area contributed by atoms with Crippen LogP contribution in [0.2, 0.25) is 0 Å². The van der Waals surface area contributed by atoms with E-state index < -0.39 is 0 Å². The number of carbonyl (C=O) groups excluding carboxylic acids is 1. The van der Waals surface area contributed by atoms with E-state index in [-0.39, 0.29) is 25.1 Å². The number of imidazole rings is 1. The van der Waals surface area contributed by atoms with Crippen LogP contribution in [-0.2, 0) is 11.3 Å². The Morgan fingerprint density at radius 1 is 1.16 bits per heavy atom. The number of benzene rings is 2.